The number of hydrogen-bond donors (Lipinski definition) is 1. The molecule has 0 radical (unpaired) electrons. The Morgan fingerprint density at radius 1 is 0.857 bits per heavy atom. The third-order valence-corrected chi connectivity index (χ3v) is 7.10. The first-order valence-electron chi connectivity index (χ1n) is 9.01. The predicted octanol–water partition coefficient (Wildman–Crippen LogP) is 5.49. The molecule has 1 unspecified atom stereocenters. The van der Waals surface area contributed by atoms with E-state index >= 15 is 0 Å². The van der Waals surface area contributed by atoms with Crippen molar-refractivity contribution in [2.24, 2.45) is 0 Å². The maximum absolute atomic E-state index is 13.7. The third-order valence-electron chi connectivity index (χ3n) is 5.04. The van der Waals surface area contributed by atoms with E-state index in [9.17, 15) is 12.8 Å². The summed E-state index contributed by atoms with van der Waals surface area (Å²) in [6.07, 6.45) is 0. The van der Waals surface area contributed by atoms with Crippen LogP contribution in [-0.4, -0.2) is 13.4 Å². The number of H-pyrrole nitrogens is 1. The van der Waals surface area contributed by atoms with Gasteiger partial charge in [-0.15, -0.1) is 0 Å². The topological polar surface area (TPSA) is 49.9 Å². The smallest absolute Gasteiger partial charge is 0.189 e. The molecule has 1 atom stereocenters. The van der Waals surface area contributed by atoms with Gasteiger partial charge in [0.2, 0.25) is 0 Å². The third kappa shape index (κ3) is 3.12. The minimum absolute atomic E-state index is 0.247. The summed E-state index contributed by atoms with van der Waals surface area (Å²) in [7, 11) is -3.76. The second-order valence-corrected chi connectivity index (χ2v) is 9.03. The molecular formula is C23H20FNO2S. The number of para-hydroxylation sites is 1. The zero-order valence-corrected chi connectivity index (χ0v) is 16.4. The number of rotatable bonds is 4. The van der Waals surface area contributed by atoms with Crippen molar-refractivity contribution >= 4 is 20.7 Å². The lowest BCUT2D eigenvalue weighted by Crippen LogP contribution is -2.16. The van der Waals surface area contributed by atoms with Crippen LogP contribution in [0.15, 0.2) is 77.7 Å². The number of aromatic nitrogens is 1. The summed E-state index contributed by atoms with van der Waals surface area (Å²) in [5, 5.41) is -0.0861. The summed E-state index contributed by atoms with van der Waals surface area (Å²) in [6, 6.07) is 20.2. The van der Waals surface area contributed by atoms with Crippen LogP contribution in [0.25, 0.3) is 10.9 Å². The lowest BCUT2D eigenvalue weighted by Gasteiger charge is -2.20. The number of sulfone groups is 1. The van der Waals surface area contributed by atoms with Crippen LogP contribution < -0.4 is 0 Å². The molecule has 1 heterocycles. The van der Waals surface area contributed by atoms with Gasteiger partial charge < -0.3 is 4.98 Å². The van der Waals surface area contributed by atoms with Crippen molar-refractivity contribution in [3.63, 3.8) is 0 Å². The Morgan fingerprint density at radius 2 is 1.50 bits per heavy atom. The molecule has 142 valence electrons. The second kappa shape index (κ2) is 6.91. The van der Waals surface area contributed by atoms with Crippen LogP contribution in [0.3, 0.4) is 0 Å². The highest BCUT2D eigenvalue weighted by molar-refractivity contribution is 7.92. The molecule has 4 rings (SSSR count). The van der Waals surface area contributed by atoms with E-state index in [0.717, 1.165) is 22.2 Å². The largest absolute Gasteiger partial charge is 0.358 e. The summed E-state index contributed by atoms with van der Waals surface area (Å²) < 4.78 is 41.0. The van der Waals surface area contributed by atoms with Gasteiger partial charge in [-0.2, -0.15) is 0 Å². The van der Waals surface area contributed by atoms with Crippen LogP contribution in [0, 0.1) is 19.7 Å². The van der Waals surface area contributed by atoms with Gasteiger partial charge in [-0.25, -0.2) is 12.8 Å². The highest BCUT2D eigenvalue weighted by Gasteiger charge is 2.34. The Bertz CT molecular complexity index is 1240. The molecule has 0 saturated heterocycles. The summed E-state index contributed by atoms with van der Waals surface area (Å²) in [5.41, 5.74) is 3.88. The van der Waals surface area contributed by atoms with Gasteiger partial charge in [0, 0.05) is 22.2 Å². The molecule has 0 aliphatic rings. The molecule has 0 bridgehead atoms. The van der Waals surface area contributed by atoms with Crippen molar-refractivity contribution < 1.29 is 12.8 Å². The van der Waals surface area contributed by atoms with Gasteiger partial charge in [0.1, 0.15) is 11.1 Å². The van der Waals surface area contributed by atoms with Gasteiger partial charge in [-0.05, 0) is 49.7 Å². The molecule has 5 heteroatoms. The molecule has 0 saturated carbocycles. The van der Waals surface area contributed by atoms with Crippen LogP contribution in [-0.2, 0) is 9.84 Å². The molecular weight excluding hydrogens is 373 g/mol. The van der Waals surface area contributed by atoms with Crippen LogP contribution in [0.4, 0.5) is 4.39 Å². The van der Waals surface area contributed by atoms with Gasteiger partial charge in [0.25, 0.3) is 0 Å². The molecule has 0 aliphatic heterocycles. The van der Waals surface area contributed by atoms with Crippen molar-refractivity contribution in [3.05, 3.63) is 101 Å². The summed E-state index contributed by atoms with van der Waals surface area (Å²) >= 11 is 0. The molecule has 28 heavy (non-hydrogen) atoms. The Kier molecular flexibility index (Phi) is 4.55. The zero-order chi connectivity index (χ0) is 19.9. The van der Waals surface area contributed by atoms with Gasteiger partial charge in [-0.1, -0.05) is 48.0 Å². The Morgan fingerprint density at radius 3 is 2.18 bits per heavy atom. The van der Waals surface area contributed by atoms with Gasteiger partial charge in [-0.3, -0.25) is 0 Å². The van der Waals surface area contributed by atoms with Gasteiger partial charge >= 0.3 is 0 Å². The molecule has 4 aromatic rings. The van der Waals surface area contributed by atoms with E-state index in [1.54, 1.807) is 36.4 Å². The molecule has 0 aliphatic carbocycles. The normalized spacial score (nSPS) is 13.0. The average Bonchev–Trinajstić information content (AvgIpc) is 3.00. The molecule has 3 aromatic carbocycles. The fourth-order valence-corrected chi connectivity index (χ4v) is 5.56. The Labute approximate surface area is 163 Å². The number of nitrogens with one attached hydrogen (secondary N) is 1. The van der Waals surface area contributed by atoms with E-state index in [-0.39, 0.29) is 4.90 Å². The first-order valence-corrected chi connectivity index (χ1v) is 10.6. The standard InChI is InChI=1S/C23H20FNO2S/c1-15-7-13-19(14-8-15)28(26,27)23(17-9-11-18(24)12-10-17)22-16(2)25-21-6-4-3-5-20(21)22/h3-14,23,25H,1-2H3. The van der Waals surface area contributed by atoms with Gasteiger partial charge in [0.05, 0.1) is 4.90 Å². The predicted molar refractivity (Wildman–Crippen MR) is 110 cm³/mol. The fraction of sp³-hybridized carbons (Fsp3) is 0.130. The molecule has 0 amide bonds. The number of aromatic amines is 1. The van der Waals surface area contributed by atoms with Crippen molar-refractivity contribution in [3.8, 4) is 0 Å². The number of hydrogen-bond acceptors (Lipinski definition) is 2. The quantitative estimate of drug-likeness (QED) is 0.499. The van der Waals surface area contributed by atoms with Crippen LogP contribution >= 0.6 is 0 Å². The van der Waals surface area contributed by atoms with Crippen molar-refractivity contribution in [1.29, 1.82) is 0 Å². The van der Waals surface area contributed by atoms with Crippen molar-refractivity contribution in [1.82, 2.24) is 4.98 Å². The number of benzene rings is 3. The van der Waals surface area contributed by atoms with E-state index in [4.69, 9.17) is 0 Å². The summed E-state index contributed by atoms with van der Waals surface area (Å²) in [5.74, 6) is -0.397. The summed E-state index contributed by atoms with van der Waals surface area (Å²) in [4.78, 5) is 3.53. The average molecular weight is 393 g/mol. The molecule has 3 nitrogen and oxygen atoms in total. The maximum atomic E-state index is 13.7. The Balaban J connectivity index is 2.01. The number of aryl methyl sites for hydroxylation is 2. The van der Waals surface area contributed by atoms with Crippen molar-refractivity contribution in [2.45, 2.75) is 24.0 Å². The first kappa shape index (κ1) is 18.4. The first-order chi connectivity index (χ1) is 13.4. The second-order valence-electron chi connectivity index (χ2n) is 7.00. The van der Waals surface area contributed by atoms with Crippen LogP contribution in [0.2, 0.25) is 0 Å². The maximum Gasteiger partial charge on any atom is 0.189 e. The van der Waals surface area contributed by atoms with E-state index in [1.807, 2.05) is 38.1 Å². The highest BCUT2D eigenvalue weighted by atomic mass is 32.2. The Hall–Kier alpha value is -2.92. The summed E-state index contributed by atoms with van der Waals surface area (Å²) in [6.45, 7) is 3.79. The number of halogens is 1. The lowest BCUT2D eigenvalue weighted by atomic mass is 10.0. The zero-order valence-electron chi connectivity index (χ0n) is 15.6. The molecule has 0 fully saturated rings. The number of fused-ring (bicyclic) bond motifs is 1. The van der Waals surface area contributed by atoms with Gasteiger partial charge in [0.15, 0.2) is 9.84 Å². The molecule has 1 N–H and O–H groups in total. The fourth-order valence-electron chi connectivity index (χ4n) is 3.64. The SMILES string of the molecule is Cc1ccc(S(=O)(=O)C(c2ccc(F)cc2)c2c(C)[nH]c3ccccc23)cc1. The van der Waals surface area contributed by atoms with Crippen molar-refractivity contribution in [2.75, 3.05) is 0 Å². The van der Waals surface area contributed by atoms with E-state index in [1.165, 1.54) is 12.1 Å². The van der Waals surface area contributed by atoms with E-state index in [0.29, 0.717) is 11.1 Å². The molecule has 1 aromatic heterocycles. The monoisotopic (exact) mass is 393 g/mol. The molecule has 0 spiro atoms. The van der Waals surface area contributed by atoms with E-state index in [2.05, 4.69) is 4.98 Å². The van der Waals surface area contributed by atoms with Crippen LogP contribution in [0.5, 0.6) is 0 Å². The van der Waals surface area contributed by atoms with Crippen LogP contribution in [0.1, 0.15) is 27.6 Å². The lowest BCUT2D eigenvalue weighted by molar-refractivity contribution is 0.588. The highest BCUT2D eigenvalue weighted by Crippen LogP contribution is 2.40. The van der Waals surface area contributed by atoms with E-state index < -0.39 is 20.9 Å². The minimum atomic E-state index is -3.76. The minimum Gasteiger partial charge on any atom is -0.358 e.